The Kier molecular flexibility index (Phi) is 2.46. The van der Waals surface area contributed by atoms with Gasteiger partial charge in [-0.1, -0.05) is 6.07 Å². The van der Waals surface area contributed by atoms with E-state index in [9.17, 15) is 5.11 Å². The van der Waals surface area contributed by atoms with Gasteiger partial charge in [0.25, 0.3) is 0 Å². The molecule has 0 amide bonds. The van der Waals surface area contributed by atoms with Gasteiger partial charge in [0.2, 0.25) is 6.79 Å². The third-order valence-electron chi connectivity index (χ3n) is 3.06. The first kappa shape index (κ1) is 9.93. The van der Waals surface area contributed by atoms with Crippen molar-refractivity contribution >= 4 is 0 Å². The zero-order valence-electron chi connectivity index (χ0n) is 8.89. The monoisotopic (exact) mass is 222 g/mol. The van der Waals surface area contributed by atoms with E-state index < -0.39 is 6.10 Å². The zero-order chi connectivity index (χ0) is 11.0. The summed E-state index contributed by atoms with van der Waals surface area (Å²) in [5.74, 6) is 1.44. The molecule has 1 N–H and O–H groups in total. The highest BCUT2D eigenvalue weighted by Gasteiger charge is 2.26. The number of hydrogen-bond acceptors (Lipinski definition) is 4. The third kappa shape index (κ3) is 1.64. The number of hydrogen-bond donors (Lipinski definition) is 1. The minimum atomic E-state index is -0.572. The number of ether oxygens (including phenoxy) is 3. The van der Waals surface area contributed by atoms with Crippen LogP contribution in [0, 0.1) is 0 Å². The second kappa shape index (κ2) is 3.96. The lowest BCUT2D eigenvalue weighted by molar-refractivity contribution is -0.00265. The van der Waals surface area contributed by atoms with Crippen LogP contribution in [-0.2, 0) is 4.74 Å². The van der Waals surface area contributed by atoms with Crippen LogP contribution < -0.4 is 9.47 Å². The second-order valence-corrected chi connectivity index (χ2v) is 4.11. The first-order valence-corrected chi connectivity index (χ1v) is 5.54. The van der Waals surface area contributed by atoms with Gasteiger partial charge >= 0.3 is 0 Å². The van der Waals surface area contributed by atoms with Gasteiger partial charge in [0, 0.05) is 6.61 Å². The summed E-state index contributed by atoms with van der Waals surface area (Å²) in [6.07, 6.45) is 1.28. The van der Waals surface area contributed by atoms with Gasteiger partial charge in [0.15, 0.2) is 11.5 Å². The van der Waals surface area contributed by atoms with Crippen molar-refractivity contribution in [3.05, 3.63) is 23.8 Å². The molecular weight excluding hydrogens is 208 g/mol. The number of benzene rings is 1. The summed E-state index contributed by atoms with van der Waals surface area (Å²) >= 11 is 0. The van der Waals surface area contributed by atoms with Crippen molar-refractivity contribution in [3.8, 4) is 11.5 Å². The molecule has 3 rings (SSSR count). The predicted molar refractivity (Wildman–Crippen MR) is 56.5 cm³/mol. The zero-order valence-corrected chi connectivity index (χ0v) is 8.89. The number of rotatable bonds is 2. The Morgan fingerprint density at radius 1 is 1.25 bits per heavy atom. The molecule has 0 bridgehead atoms. The fraction of sp³-hybridized carbons (Fsp3) is 0.500. The molecule has 16 heavy (non-hydrogen) atoms. The lowest BCUT2D eigenvalue weighted by atomic mass is 10.0. The molecule has 0 saturated carbocycles. The highest BCUT2D eigenvalue weighted by Crippen LogP contribution is 2.36. The summed E-state index contributed by atoms with van der Waals surface area (Å²) in [4.78, 5) is 0. The maximum Gasteiger partial charge on any atom is 0.231 e. The molecule has 1 fully saturated rings. The Bertz CT molecular complexity index is 385. The van der Waals surface area contributed by atoms with E-state index >= 15 is 0 Å². The fourth-order valence-corrected chi connectivity index (χ4v) is 2.16. The molecule has 1 aromatic carbocycles. The lowest BCUT2D eigenvalue weighted by Crippen LogP contribution is -2.16. The summed E-state index contributed by atoms with van der Waals surface area (Å²) < 4.78 is 16.0. The van der Waals surface area contributed by atoms with Crippen molar-refractivity contribution in [2.75, 3.05) is 13.4 Å². The largest absolute Gasteiger partial charge is 0.454 e. The van der Waals surface area contributed by atoms with E-state index in [-0.39, 0.29) is 12.9 Å². The summed E-state index contributed by atoms with van der Waals surface area (Å²) in [7, 11) is 0. The molecule has 1 aromatic rings. The Hall–Kier alpha value is -1.26. The number of fused-ring (bicyclic) bond motifs is 1. The van der Waals surface area contributed by atoms with Crippen LogP contribution in [0.1, 0.15) is 24.5 Å². The van der Waals surface area contributed by atoms with E-state index in [2.05, 4.69) is 0 Å². The van der Waals surface area contributed by atoms with Crippen LogP contribution in [0.3, 0.4) is 0 Å². The molecule has 86 valence electrons. The Labute approximate surface area is 93.7 Å². The smallest absolute Gasteiger partial charge is 0.231 e. The molecule has 2 aliphatic heterocycles. The van der Waals surface area contributed by atoms with Crippen molar-refractivity contribution in [1.82, 2.24) is 0 Å². The van der Waals surface area contributed by atoms with Gasteiger partial charge in [-0.15, -0.1) is 0 Å². The molecule has 4 heteroatoms. The first-order valence-electron chi connectivity index (χ1n) is 5.54. The number of aliphatic hydroxyl groups excluding tert-OH is 1. The fourth-order valence-electron chi connectivity index (χ4n) is 2.16. The van der Waals surface area contributed by atoms with Crippen molar-refractivity contribution < 1.29 is 19.3 Å². The van der Waals surface area contributed by atoms with Crippen molar-refractivity contribution in [2.24, 2.45) is 0 Å². The molecule has 0 aliphatic carbocycles. The quantitative estimate of drug-likeness (QED) is 0.826. The normalized spacial score (nSPS) is 24.7. The summed E-state index contributed by atoms with van der Waals surface area (Å²) in [6.45, 7) is 1.00. The van der Waals surface area contributed by atoms with Gasteiger partial charge in [-0.3, -0.25) is 0 Å². The highest BCUT2D eigenvalue weighted by atomic mass is 16.7. The SMILES string of the molecule is O[C@@H](c1ccc2c(c1)OCO2)[C@H]1CCCO1. The van der Waals surface area contributed by atoms with Crippen LogP contribution in [0.15, 0.2) is 18.2 Å². The predicted octanol–water partition coefficient (Wildman–Crippen LogP) is 1.63. The molecular formula is C12H14O4. The van der Waals surface area contributed by atoms with Crippen LogP contribution in [0.25, 0.3) is 0 Å². The van der Waals surface area contributed by atoms with E-state index in [0.29, 0.717) is 5.75 Å². The van der Waals surface area contributed by atoms with Crippen LogP contribution in [0.2, 0.25) is 0 Å². The van der Waals surface area contributed by atoms with Crippen LogP contribution >= 0.6 is 0 Å². The summed E-state index contributed by atoms with van der Waals surface area (Å²) in [5, 5.41) is 10.1. The van der Waals surface area contributed by atoms with E-state index in [0.717, 1.165) is 30.8 Å². The van der Waals surface area contributed by atoms with E-state index in [1.54, 1.807) is 0 Å². The molecule has 2 atom stereocenters. The summed E-state index contributed by atoms with van der Waals surface area (Å²) in [5.41, 5.74) is 0.830. The average Bonchev–Trinajstić information content (AvgIpc) is 2.98. The van der Waals surface area contributed by atoms with Crippen LogP contribution in [0.4, 0.5) is 0 Å². The minimum Gasteiger partial charge on any atom is -0.454 e. The van der Waals surface area contributed by atoms with Crippen molar-refractivity contribution in [3.63, 3.8) is 0 Å². The molecule has 0 aromatic heterocycles. The standard InChI is InChI=1S/C12H14O4/c13-12(10-2-1-5-14-10)8-3-4-9-11(6-8)16-7-15-9/h3-4,6,10,12-13H,1-2,5,7H2/t10-,12+/m1/s1. The topological polar surface area (TPSA) is 47.9 Å². The molecule has 0 spiro atoms. The second-order valence-electron chi connectivity index (χ2n) is 4.11. The Morgan fingerprint density at radius 2 is 2.12 bits per heavy atom. The van der Waals surface area contributed by atoms with E-state index in [4.69, 9.17) is 14.2 Å². The lowest BCUT2D eigenvalue weighted by Gasteiger charge is -2.17. The van der Waals surface area contributed by atoms with Gasteiger partial charge in [-0.2, -0.15) is 0 Å². The maximum absolute atomic E-state index is 10.1. The van der Waals surface area contributed by atoms with Gasteiger partial charge in [0.05, 0.1) is 6.10 Å². The van der Waals surface area contributed by atoms with Crippen molar-refractivity contribution in [1.29, 1.82) is 0 Å². The number of aliphatic hydroxyl groups is 1. The van der Waals surface area contributed by atoms with Crippen LogP contribution in [0.5, 0.6) is 11.5 Å². The summed E-state index contributed by atoms with van der Waals surface area (Å²) in [6, 6.07) is 5.52. The average molecular weight is 222 g/mol. The maximum atomic E-state index is 10.1. The molecule has 2 aliphatic rings. The van der Waals surface area contributed by atoms with E-state index in [1.807, 2.05) is 18.2 Å². The Balaban J connectivity index is 1.83. The molecule has 1 saturated heterocycles. The van der Waals surface area contributed by atoms with Gasteiger partial charge in [-0.05, 0) is 30.5 Å². The Morgan fingerprint density at radius 3 is 2.94 bits per heavy atom. The first-order chi connectivity index (χ1) is 7.84. The highest BCUT2D eigenvalue weighted by molar-refractivity contribution is 5.45. The van der Waals surface area contributed by atoms with Crippen LogP contribution in [-0.4, -0.2) is 24.6 Å². The van der Waals surface area contributed by atoms with Gasteiger partial charge < -0.3 is 19.3 Å². The molecule has 0 radical (unpaired) electrons. The molecule has 2 heterocycles. The molecule has 4 nitrogen and oxygen atoms in total. The minimum absolute atomic E-state index is 0.0830. The van der Waals surface area contributed by atoms with Crippen molar-refractivity contribution in [2.45, 2.75) is 25.0 Å². The van der Waals surface area contributed by atoms with Gasteiger partial charge in [-0.25, -0.2) is 0 Å². The van der Waals surface area contributed by atoms with E-state index in [1.165, 1.54) is 0 Å². The molecule has 0 unspecified atom stereocenters. The third-order valence-corrected chi connectivity index (χ3v) is 3.06. The van der Waals surface area contributed by atoms with Gasteiger partial charge in [0.1, 0.15) is 6.10 Å².